The van der Waals surface area contributed by atoms with Crippen LogP contribution >= 0.6 is 10.8 Å². The molecule has 0 unspecified atom stereocenters. The molecule has 0 atom stereocenters. The zero-order valence-corrected chi connectivity index (χ0v) is 17.2. The number of anilines is 1. The highest BCUT2D eigenvalue weighted by atomic mass is 33.1. The lowest BCUT2D eigenvalue weighted by molar-refractivity contribution is -0.384. The van der Waals surface area contributed by atoms with E-state index in [1.807, 2.05) is 26.8 Å². The maximum Gasteiger partial charge on any atom is 0.269 e. The van der Waals surface area contributed by atoms with Crippen LogP contribution in [0.4, 0.5) is 11.4 Å². The molecule has 1 heterocycles. The molecule has 9 heteroatoms. The Morgan fingerprint density at radius 1 is 1.07 bits per heavy atom. The van der Waals surface area contributed by atoms with Gasteiger partial charge in [0.15, 0.2) is 5.17 Å². The van der Waals surface area contributed by atoms with Crippen LogP contribution in [0.2, 0.25) is 0 Å². The largest absolute Gasteiger partial charge is 0.293 e. The van der Waals surface area contributed by atoms with Gasteiger partial charge in [-0.15, -0.1) is 0 Å². The average Bonchev–Trinajstić information content (AvgIpc) is 2.61. The highest BCUT2D eigenvalue weighted by Crippen LogP contribution is 2.36. The maximum absolute atomic E-state index is 12.9. The molecule has 0 saturated heterocycles. The zero-order valence-electron chi connectivity index (χ0n) is 15.6. The van der Waals surface area contributed by atoms with Gasteiger partial charge in [-0.25, -0.2) is 8.42 Å². The Kier molecular flexibility index (Phi) is 5.31. The Hall–Kier alpha value is -2.65. The molecule has 0 aromatic heterocycles. The van der Waals surface area contributed by atoms with Gasteiger partial charge < -0.3 is 0 Å². The summed E-state index contributed by atoms with van der Waals surface area (Å²) in [6.45, 7) is 5.63. The van der Waals surface area contributed by atoms with Gasteiger partial charge in [0.1, 0.15) is 0 Å². The summed E-state index contributed by atoms with van der Waals surface area (Å²) in [5.74, 6) is 0. The number of hydrogen-bond donors (Lipinski definition) is 0. The van der Waals surface area contributed by atoms with E-state index in [9.17, 15) is 18.5 Å². The van der Waals surface area contributed by atoms with Crippen LogP contribution in [0.5, 0.6) is 0 Å². The Balaban J connectivity index is 2.02. The molecule has 1 aliphatic heterocycles. The highest BCUT2D eigenvalue weighted by molar-refractivity contribution is 8.78. The van der Waals surface area contributed by atoms with Gasteiger partial charge in [-0.3, -0.25) is 20.0 Å². The van der Waals surface area contributed by atoms with Crippen LogP contribution in [0, 0.1) is 10.1 Å². The van der Waals surface area contributed by atoms with Crippen molar-refractivity contribution in [3.8, 4) is 0 Å². The summed E-state index contributed by atoms with van der Waals surface area (Å²) >= 11 is 0. The van der Waals surface area contributed by atoms with E-state index in [-0.39, 0.29) is 10.6 Å². The fourth-order valence-electron chi connectivity index (χ4n) is 2.88. The van der Waals surface area contributed by atoms with Crippen molar-refractivity contribution in [2.45, 2.75) is 31.2 Å². The third-order valence-corrected chi connectivity index (χ3v) is 7.20. The van der Waals surface area contributed by atoms with Gasteiger partial charge in [0, 0.05) is 34.3 Å². The number of allylic oxidation sites excluding steroid dienone is 1. The zero-order chi connectivity index (χ0) is 20.5. The lowest BCUT2D eigenvalue weighted by Crippen LogP contribution is -2.36. The van der Waals surface area contributed by atoms with Crippen molar-refractivity contribution < 1.29 is 13.3 Å². The van der Waals surface area contributed by atoms with E-state index in [4.69, 9.17) is 0 Å². The summed E-state index contributed by atoms with van der Waals surface area (Å²) in [7, 11) is -3.02. The van der Waals surface area contributed by atoms with E-state index in [2.05, 4.69) is 4.99 Å². The smallest absolute Gasteiger partial charge is 0.269 e. The first kappa shape index (κ1) is 20.1. The molecule has 7 nitrogen and oxygen atoms in total. The number of amidine groups is 1. The minimum absolute atomic E-state index is 0.0363. The molecule has 0 aliphatic carbocycles. The molecule has 146 valence electrons. The van der Waals surface area contributed by atoms with Gasteiger partial charge >= 0.3 is 0 Å². The van der Waals surface area contributed by atoms with Gasteiger partial charge in [-0.1, -0.05) is 18.2 Å². The fourth-order valence-corrected chi connectivity index (χ4v) is 5.81. The molecular weight excluding hydrogens is 398 g/mol. The molecule has 0 saturated carbocycles. The molecule has 0 N–H and O–H groups in total. The van der Waals surface area contributed by atoms with Crippen molar-refractivity contribution in [1.82, 2.24) is 0 Å². The summed E-state index contributed by atoms with van der Waals surface area (Å²) in [5.41, 5.74) is 0.783. The monoisotopic (exact) mass is 417 g/mol. The van der Waals surface area contributed by atoms with E-state index in [0.29, 0.717) is 21.6 Å². The molecule has 0 spiro atoms. The maximum atomic E-state index is 12.9. The third-order valence-electron chi connectivity index (χ3n) is 4.02. The van der Waals surface area contributed by atoms with E-state index >= 15 is 0 Å². The first-order valence-corrected chi connectivity index (χ1v) is 11.2. The van der Waals surface area contributed by atoms with Crippen LogP contribution < -0.4 is 4.90 Å². The van der Waals surface area contributed by atoms with Gasteiger partial charge in [0.25, 0.3) is 5.69 Å². The lowest BCUT2D eigenvalue weighted by Gasteiger charge is -2.34. The first-order valence-electron chi connectivity index (χ1n) is 8.42. The average molecular weight is 418 g/mol. The molecular formula is C19H19N3O4S2. The Bertz CT molecular complexity index is 1060. The minimum Gasteiger partial charge on any atom is -0.293 e. The molecule has 0 radical (unpaired) electrons. The molecule has 0 bridgehead atoms. The number of nitrogens with zero attached hydrogens (tertiary/aromatic N) is 3. The second-order valence-electron chi connectivity index (χ2n) is 6.79. The number of benzene rings is 2. The molecule has 1 aliphatic rings. The van der Waals surface area contributed by atoms with Gasteiger partial charge in [-0.2, -0.15) is 0 Å². The summed E-state index contributed by atoms with van der Waals surface area (Å²) < 4.78 is 25.8. The summed E-state index contributed by atoms with van der Waals surface area (Å²) in [6.07, 6.45) is 1.92. The standard InChI is InChI=1S/C19H19N3O4S2/c1-14-13-19(2,3)20-18(27-28(25,26)17-7-5-4-6-8-17)21(14)15-9-11-16(12-10-15)22(23)24/h4-13H,1-3H3. The lowest BCUT2D eigenvalue weighted by atomic mass is 10.0. The molecule has 3 rings (SSSR count). The highest BCUT2D eigenvalue weighted by Gasteiger charge is 2.31. The van der Waals surface area contributed by atoms with Crippen molar-refractivity contribution in [1.29, 1.82) is 0 Å². The molecule has 2 aromatic carbocycles. The SMILES string of the molecule is CC1=CC(C)(C)N=C(SS(=O)(=O)c2ccccc2)N1c1ccc([N+](=O)[O-])cc1. The number of aliphatic imine (C=N–C) groups is 1. The number of rotatable bonds is 4. The van der Waals surface area contributed by atoms with Crippen LogP contribution in [-0.2, 0) is 8.87 Å². The number of nitro groups is 1. The van der Waals surface area contributed by atoms with E-state index in [1.54, 1.807) is 35.2 Å². The predicted molar refractivity (Wildman–Crippen MR) is 112 cm³/mol. The number of nitro benzene ring substituents is 1. The van der Waals surface area contributed by atoms with E-state index in [1.165, 1.54) is 24.3 Å². The van der Waals surface area contributed by atoms with Crippen molar-refractivity contribution >= 4 is 36.2 Å². The fraction of sp³-hybridized carbons (Fsp3) is 0.211. The summed E-state index contributed by atoms with van der Waals surface area (Å²) in [4.78, 5) is 16.9. The van der Waals surface area contributed by atoms with Crippen LogP contribution in [0.25, 0.3) is 0 Å². The van der Waals surface area contributed by atoms with Crippen molar-refractivity contribution in [2.75, 3.05) is 4.90 Å². The Morgan fingerprint density at radius 3 is 2.25 bits per heavy atom. The van der Waals surface area contributed by atoms with Crippen molar-refractivity contribution in [3.05, 3.63) is 76.5 Å². The van der Waals surface area contributed by atoms with Crippen molar-refractivity contribution in [2.24, 2.45) is 4.99 Å². The first-order chi connectivity index (χ1) is 13.1. The topological polar surface area (TPSA) is 92.9 Å². The Labute approximate surface area is 167 Å². The van der Waals surface area contributed by atoms with Gasteiger partial charge in [-0.05, 0) is 51.1 Å². The minimum atomic E-state index is -3.69. The third kappa shape index (κ3) is 4.26. The second-order valence-corrected chi connectivity index (χ2v) is 10.5. The molecule has 28 heavy (non-hydrogen) atoms. The summed E-state index contributed by atoms with van der Waals surface area (Å²) in [5, 5.41) is 11.2. The molecule has 0 amide bonds. The van der Waals surface area contributed by atoms with E-state index < -0.39 is 19.3 Å². The Morgan fingerprint density at radius 2 is 1.68 bits per heavy atom. The van der Waals surface area contributed by atoms with Gasteiger partial charge in [0.2, 0.25) is 8.87 Å². The number of hydrogen-bond acceptors (Lipinski definition) is 7. The van der Waals surface area contributed by atoms with Gasteiger partial charge in [0.05, 0.1) is 15.4 Å². The number of non-ortho nitro benzene ring substituents is 1. The predicted octanol–water partition coefficient (Wildman–Crippen LogP) is 4.58. The molecule has 0 fully saturated rings. The van der Waals surface area contributed by atoms with E-state index in [0.717, 1.165) is 5.70 Å². The van der Waals surface area contributed by atoms with Crippen LogP contribution in [0.15, 0.2) is 76.3 Å². The normalized spacial score (nSPS) is 16.3. The second kappa shape index (κ2) is 7.40. The van der Waals surface area contributed by atoms with Crippen molar-refractivity contribution in [3.63, 3.8) is 0 Å². The van der Waals surface area contributed by atoms with Crippen LogP contribution in [0.3, 0.4) is 0 Å². The summed E-state index contributed by atoms with van der Waals surface area (Å²) in [6, 6.07) is 14.1. The van der Waals surface area contributed by atoms with Crippen LogP contribution in [0.1, 0.15) is 20.8 Å². The molecule has 2 aromatic rings. The quantitative estimate of drug-likeness (QED) is 0.411. The van der Waals surface area contributed by atoms with Crippen LogP contribution in [-0.4, -0.2) is 24.0 Å².